The fraction of sp³-hybridized carbons (Fsp3) is 0.375. The molecule has 1 aliphatic heterocycles. The van der Waals surface area contributed by atoms with E-state index in [4.69, 9.17) is 21.1 Å². The third kappa shape index (κ3) is 7.83. The van der Waals surface area contributed by atoms with Crippen molar-refractivity contribution in [2.45, 2.75) is 38.1 Å². The van der Waals surface area contributed by atoms with Crippen LogP contribution >= 0.6 is 11.6 Å². The van der Waals surface area contributed by atoms with E-state index in [1.165, 1.54) is 12.1 Å². The smallest absolute Gasteiger partial charge is 0.257 e. The first-order valence-electron chi connectivity index (χ1n) is 13.7. The number of ether oxygens (including phenoxy) is 2. The van der Waals surface area contributed by atoms with Gasteiger partial charge in [0.15, 0.2) is 0 Å². The van der Waals surface area contributed by atoms with Crippen LogP contribution in [0.2, 0.25) is 5.02 Å². The zero-order valence-electron chi connectivity index (χ0n) is 22.9. The highest BCUT2D eigenvalue weighted by atomic mass is 35.5. The Balaban J connectivity index is 1.66. The highest BCUT2D eigenvalue weighted by Crippen LogP contribution is 2.25. The summed E-state index contributed by atoms with van der Waals surface area (Å²) in [4.78, 5) is 30.9. The molecule has 1 heterocycles. The minimum Gasteiger partial charge on any atom is -0.491 e. The Bertz CT molecular complexity index is 1250. The lowest BCUT2D eigenvalue weighted by Gasteiger charge is -2.32. The molecule has 0 radical (unpaired) electrons. The van der Waals surface area contributed by atoms with Gasteiger partial charge in [-0.1, -0.05) is 60.1 Å². The van der Waals surface area contributed by atoms with Gasteiger partial charge in [0.05, 0.1) is 24.6 Å². The van der Waals surface area contributed by atoms with Gasteiger partial charge in [-0.05, 0) is 55.5 Å². The summed E-state index contributed by atoms with van der Waals surface area (Å²) < 4.78 is 26.2. The molecule has 8 heteroatoms. The molecule has 2 amide bonds. The molecular formula is C32H36ClFN2O4. The maximum absolute atomic E-state index is 14.6. The number of carbonyl (C=O) groups excluding carboxylic acids is 2. The molecule has 1 atom stereocenters. The van der Waals surface area contributed by atoms with Crippen LogP contribution in [0, 0.1) is 5.82 Å². The topological polar surface area (TPSA) is 59.1 Å². The number of rotatable bonds is 7. The lowest BCUT2D eigenvalue weighted by Crippen LogP contribution is -2.46. The van der Waals surface area contributed by atoms with E-state index < -0.39 is 5.82 Å². The van der Waals surface area contributed by atoms with Crippen molar-refractivity contribution in [3.05, 3.63) is 100 Å². The number of benzene rings is 3. The monoisotopic (exact) mass is 566 g/mol. The Labute approximate surface area is 240 Å². The maximum Gasteiger partial charge on any atom is 0.257 e. The summed E-state index contributed by atoms with van der Waals surface area (Å²) in [5, 5.41) is 0.235. The average Bonchev–Trinajstić information content (AvgIpc) is 2.97. The highest BCUT2D eigenvalue weighted by molar-refractivity contribution is 6.31. The molecule has 212 valence electrons. The molecule has 3 aromatic rings. The number of hydrogen-bond acceptors (Lipinski definition) is 4. The van der Waals surface area contributed by atoms with Crippen LogP contribution in [-0.2, 0) is 22.4 Å². The summed E-state index contributed by atoms with van der Waals surface area (Å²) in [7, 11) is 1.62. The van der Waals surface area contributed by atoms with E-state index in [-0.39, 0.29) is 41.5 Å². The van der Waals surface area contributed by atoms with Crippen LogP contribution < -0.4 is 4.74 Å². The van der Waals surface area contributed by atoms with E-state index in [1.54, 1.807) is 35.1 Å². The van der Waals surface area contributed by atoms with Gasteiger partial charge in [-0.25, -0.2) is 4.39 Å². The van der Waals surface area contributed by atoms with Gasteiger partial charge >= 0.3 is 0 Å². The lowest BCUT2D eigenvalue weighted by atomic mass is 10.0. The maximum atomic E-state index is 14.6. The van der Waals surface area contributed by atoms with Gasteiger partial charge < -0.3 is 19.3 Å². The minimum atomic E-state index is -0.494. The summed E-state index contributed by atoms with van der Waals surface area (Å²) >= 11 is 6.28. The largest absolute Gasteiger partial charge is 0.491 e. The van der Waals surface area contributed by atoms with Gasteiger partial charge in [-0.15, -0.1) is 0 Å². The van der Waals surface area contributed by atoms with Gasteiger partial charge in [0.1, 0.15) is 18.2 Å². The van der Waals surface area contributed by atoms with E-state index in [9.17, 15) is 14.0 Å². The first-order valence-corrected chi connectivity index (χ1v) is 14.1. The summed E-state index contributed by atoms with van der Waals surface area (Å²) in [6.07, 6.45) is 2.75. The Kier molecular flexibility index (Phi) is 11.0. The number of methoxy groups -OCH3 is 1. The van der Waals surface area contributed by atoms with Crippen LogP contribution in [0.4, 0.5) is 4.39 Å². The fourth-order valence-electron chi connectivity index (χ4n) is 5.01. The predicted octanol–water partition coefficient (Wildman–Crippen LogP) is 5.81. The van der Waals surface area contributed by atoms with Crippen molar-refractivity contribution in [1.82, 2.24) is 9.80 Å². The van der Waals surface area contributed by atoms with Gasteiger partial charge in [0.2, 0.25) is 5.91 Å². The van der Waals surface area contributed by atoms with Crippen molar-refractivity contribution in [2.24, 2.45) is 0 Å². The lowest BCUT2D eigenvalue weighted by molar-refractivity contribution is -0.133. The molecule has 40 heavy (non-hydrogen) atoms. The number of hydrogen-bond donors (Lipinski definition) is 0. The zero-order chi connectivity index (χ0) is 28.3. The first-order chi connectivity index (χ1) is 19.5. The summed E-state index contributed by atoms with van der Waals surface area (Å²) in [5.74, 6) is -0.339. The number of carbonyl (C=O) groups is 2. The summed E-state index contributed by atoms with van der Waals surface area (Å²) in [6.45, 7) is 2.15. The van der Waals surface area contributed by atoms with E-state index in [0.29, 0.717) is 44.0 Å². The van der Waals surface area contributed by atoms with E-state index >= 15 is 0 Å². The van der Waals surface area contributed by atoms with E-state index in [0.717, 1.165) is 24.8 Å². The van der Waals surface area contributed by atoms with Crippen LogP contribution in [0.25, 0.3) is 0 Å². The molecule has 6 nitrogen and oxygen atoms in total. The Morgan fingerprint density at radius 1 is 1.00 bits per heavy atom. The van der Waals surface area contributed by atoms with Gasteiger partial charge in [-0.2, -0.15) is 0 Å². The molecule has 0 fully saturated rings. The van der Waals surface area contributed by atoms with Crippen molar-refractivity contribution in [2.75, 3.05) is 40.0 Å². The Morgan fingerprint density at radius 3 is 2.52 bits per heavy atom. The van der Waals surface area contributed by atoms with Crippen LogP contribution in [0.1, 0.15) is 40.7 Å². The number of halogens is 2. The molecule has 0 bridgehead atoms. The number of amides is 2. The normalized spacial score (nSPS) is 16.8. The predicted molar refractivity (Wildman–Crippen MR) is 154 cm³/mol. The SMILES string of the molecule is COCCN1CCCCCN(C(=O)Cc2c(F)cccc2Cl)[C@@H](Cc2ccccc2)COc2ccccc2C1=O. The average molecular weight is 567 g/mol. The standard InChI is InChI=1S/C32H36ClFN2O4/c1-39-20-19-35-17-8-3-9-18-36(31(37)22-27-28(33)14-10-15-29(27)34)25(21-24-11-4-2-5-12-24)23-40-30-16-7-6-13-26(30)32(35)38/h2,4-7,10-16,25H,3,8-9,17-23H2,1H3/t25-/m0/s1. The van der Waals surface area contributed by atoms with Gasteiger partial charge in [0, 0.05) is 37.3 Å². The molecule has 0 spiro atoms. The second kappa shape index (κ2) is 14.8. The molecule has 0 saturated carbocycles. The van der Waals surface area contributed by atoms with Crippen molar-refractivity contribution < 1.29 is 23.5 Å². The molecule has 4 rings (SSSR count). The fourth-order valence-corrected chi connectivity index (χ4v) is 5.24. The van der Waals surface area contributed by atoms with Gasteiger partial charge in [0.25, 0.3) is 5.91 Å². The van der Waals surface area contributed by atoms with Crippen LogP contribution in [-0.4, -0.2) is 67.6 Å². The first kappa shape index (κ1) is 29.6. The Morgan fingerprint density at radius 2 is 1.75 bits per heavy atom. The third-order valence-corrected chi connectivity index (χ3v) is 7.55. The van der Waals surface area contributed by atoms with Crippen LogP contribution in [0.15, 0.2) is 72.8 Å². The number of para-hydroxylation sites is 1. The van der Waals surface area contributed by atoms with Crippen molar-refractivity contribution in [3.63, 3.8) is 0 Å². The van der Waals surface area contributed by atoms with Crippen molar-refractivity contribution >= 4 is 23.4 Å². The number of fused-ring (bicyclic) bond motifs is 1. The van der Waals surface area contributed by atoms with Crippen molar-refractivity contribution in [3.8, 4) is 5.75 Å². The van der Waals surface area contributed by atoms with Crippen molar-refractivity contribution in [1.29, 1.82) is 0 Å². The highest BCUT2D eigenvalue weighted by Gasteiger charge is 2.28. The zero-order valence-corrected chi connectivity index (χ0v) is 23.6. The third-order valence-electron chi connectivity index (χ3n) is 7.19. The molecule has 0 saturated heterocycles. The Hall–Kier alpha value is -3.42. The van der Waals surface area contributed by atoms with Crippen LogP contribution in [0.5, 0.6) is 5.75 Å². The van der Waals surface area contributed by atoms with E-state index in [1.807, 2.05) is 42.5 Å². The van der Waals surface area contributed by atoms with Gasteiger partial charge in [-0.3, -0.25) is 9.59 Å². The molecule has 0 aromatic heterocycles. The summed E-state index contributed by atoms with van der Waals surface area (Å²) in [5.41, 5.74) is 1.73. The molecule has 3 aromatic carbocycles. The molecular weight excluding hydrogens is 531 g/mol. The molecule has 0 unspecified atom stereocenters. The molecule has 1 aliphatic rings. The number of nitrogens with zero attached hydrogens (tertiary/aromatic N) is 2. The second-order valence-electron chi connectivity index (χ2n) is 9.96. The minimum absolute atomic E-state index is 0.103. The summed E-state index contributed by atoms with van der Waals surface area (Å²) in [6, 6.07) is 21.2. The molecule has 0 N–H and O–H groups in total. The second-order valence-corrected chi connectivity index (χ2v) is 10.4. The molecule has 0 aliphatic carbocycles. The van der Waals surface area contributed by atoms with E-state index in [2.05, 4.69) is 0 Å². The van der Waals surface area contributed by atoms with Crippen LogP contribution in [0.3, 0.4) is 0 Å². The quantitative estimate of drug-likeness (QED) is 0.362.